The number of esters is 1. The second kappa shape index (κ2) is 9.27. The minimum absolute atomic E-state index is 0.226. The van der Waals surface area contributed by atoms with Gasteiger partial charge in [0.05, 0.1) is 16.4 Å². The van der Waals surface area contributed by atoms with E-state index in [0.717, 1.165) is 8.68 Å². The molecule has 1 amide bonds. The third-order valence-electron chi connectivity index (χ3n) is 2.48. The van der Waals surface area contributed by atoms with Crippen molar-refractivity contribution in [2.24, 2.45) is 0 Å². The van der Waals surface area contributed by atoms with Crippen LogP contribution in [0.2, 0.25) is 5.02 Å². The summed E-state index contributed by atoms with van der Waals surface area (Å²) < 4.78 is 5.73. The first-order valence-corrected chi connectivity index (χ1v) is 9.45. The highest BCUT2D eigenvalue weighted by atomic mass is 79.9. The Kier molecular flexibility index (Phi) is 7.35. The van der Waals surface area contributed by atoms with Gasteiger partial charge in [-0.2, -0.15) is 0 Å². The van der Waals surface area contributed by atoms with Gasteiger partial charge in [-0.3, -0.25) is 14.9 Å². The van der Waals surface area contributed by atoms with Crippen molar-refractivity contribution in [2.75, 3.05) is 17.7 Å². The van der Waals surface area contributed by atoms with Gasteiger partial charge >= 0.3 is 5.97 Å². The normalized spacial score (nSPS) is 10.3. The number of aromatic nitrogens is 1. The Bertz CT molecular complexity index is 679. The van der Waals surface area contributed by atoms with E-state index in [4.69, 9.17) is 16.3 Å². The van der Waals surface area contributed by atoms with E-state index in [1.807, 2.05) is 12.1 Å². The number of anilines is 1. The molecule has 0 saturated carbocycles. The number of nitrogens with one attached hydrogen (secondary N) is 1. The first-order valence-electron chi connectivity index (χ1n) is 6.48. The lowest BCUT2D eigenvalue weighted by Crippen LogP contribution is -2.20. The molecule has 0 aliphatic rings. The molecule has 0 radical (unpaired) electrons. The average Bonchev–Trinajstić information content (AvgIpc) is 2.92. The molecule has 0 saturated heterocycles. The number of benzene rings is 1. The molecule has 0 bridgehead atoms. The smallest absolute Gasteiger partial charge is 0.307 e. The minimum atomic E-state index is -0.415. The van der Waals surface area contributed by atoms with Gasteiger partial charge in [0, 0.05) is 15.7 Å². The fourth-order valence-corrected chi connectivity index (χ4v) is 3.55. The van der Waals surface area contributed by atoms with Gasteiger partial charge in [0.2, 0.25) is 0 Å². The van der Waals surface area contributed by atoms with E-state index in [1.54, 1.807) is 18.3 Å². The Labute approximate surface area is 154 Å². The van der Waals surface area contributed by atoms with Crippen LogP contribution >= 0.6 is 50.6 Å². The maximum Gasteiger partial charge on any atom is 0.307 e. The molecule has 1 heterocycles. The molecular formula is C14H12BrClN2O3S2. The Morgan fingerprint density at radius 1 is 1.35 bits per heavy atom. The Balaban J connectivity index is 1.62. The van der Waals surface area contributed by atoms with Crippen molar-refractivity contribution >= 4 is 67.6 Å². The Morgan fingerprint density at radius 3 is 2.74 bits per heavy atom. The average molecular weight is 436 g/mol. The van der Waals surface area contributed by atoms with Crippen LogP contribution in [0, 0.1) is 0 Å². The van der Waals surface area contributed by atoms with E-state index in [2.05, 4.69) is 26.2 Å². The van der Waals surface area contributed by atoms with Crippen LogP contribution in [0.4, 0.5) is 5.13 Å². The molecule has 0 fully saturated rings. The zero-order valence-electron chi connectivity index (χ0n) is 11.8. The number of carbonyl (C=O) groups is 2. The largest absolute Gasteiger partial charge is 0.456 e. The number of thioether (sulfide) groups is 1. The van der Waals surface area contributed by atoms with Crippen LogP contribution in [0.5, 0.6) is 0 Å². The highest BCUT2D eigenvalue weighted by molar-refractivity contribution is 9.11. The van der Waals surface area contributed by atoms with Crippen LogP contribution in [0.25, 0.3) is 0 Å². The van der Waals surface area contributed by atoms with Gasteiger partial charge < -0.3 is 4.74 Å². The molecule has 0 aliphatic heterocycles. The summed E-state index contributed by atoms with van der Waals surface area (Å²) in [6.45, 7) is -0.318. The fraction of sp³-hybridized carbons (Fsp3) is 0.214. The summed E-state index contributed by atoms with van der Waals surface area (Å²) >= 11 is 11.9. The van der Waals surface area contributed by atoms with Crippen molar-refractivity contribution in [3.05, 3.63) is 39.3 Å². The molecule has 0 aliphatic carbocycles. The van der Waals surface area contributed by atoms with Crippen molar-refractivity contribution in [1.29, 1.82) is 0 Å². The number of hydrogen-bond donors (Lipinski definition) is 1. The van der Waals surface area contributed by atoms with E-state index in [9.17, 15) is 9.59 Å². The van der Waals surface area contributed by atoms with Crippen LogP contribution in [0.1, 0.15) is 6.42 Å². The predicted octanol–water partition coefficient (Wildman–Crippen LogP) is 4.22. The molecule has 23 heavy (non-hydrogen) atoms. The number of halogens is 2. The zero-order valence-corrected chi connectivity index (χ0v) is 15.7. The van der Waals surface area contributed by atoms with Gasteiger partial charge in [-0.1, -0.05) is 22.9 Å². The summed E-state index contributed by atoms with van der Waals surface area (Å²) in [6, 6.07) is 7.36. The number of thiazole rings is 1. The fourth-order valence-electron chi connectivity index (χ4n) is 1.47. The number of rotatable bonds is 7. The maximum absolute atomic E-state index is 11.6. The summed E-state index contributed by atoms with van der Waals surface area (Å²) in [6.07, 6.45) is 1.81. The molecule has 9 heteroatoms. The molecule has 5 nitrogen and oxygen atoms in total. The van der Waals surface area contributed by atoms with Gasteiger partial charge in [0.25, 0.3) is 5.91 Å². The first-order chi connectivity index (χ1) is 11.0. The number of hydrogen-bond acceptors (Lipinski definition) is 6. The number of nitrogens with zero attached hydrogens (tertiary/aromatic N) is 1. The summed E-state index contributed by atoms with van der Waals surface area (Å²) in [7, 11) is 0. The molecule has 1 N–H and O–H groups in total. The standard InChI is InChI=1S/C14H12BrClN2O3S2/c15-11-7-17-14(23-11)18-12(19)8-21-13(20)5-6-22-10-3-1-9(16)2-4-10/h1-4,7H,5-6,8H2,(H,17,18,19). The molecule has 2 aromatic rings. The van der Waals surface area contributed by atoms with Gasteiger partial charge in [-0.15, -0.1) is 11.8 Å². The van der Waals surface area contributed by atoms with E-state index in [-0.39, 0.29) is 13.0 Å². The van der Waals surface area contributed by atoms with Crippen LogP contribution in [-0.4, -0.2) is 29.2 Å². The zero-order chi connectivity index (χ0) is 16.7. The first kappa shape index (κ1) is 18.3. The van der Waals surface area contributed by atoms with Crippen LogP contribution < -0.4 is 5.32 Å². The molecule has 0 spiro atoms. The number of carbonyl (C=O) groups excluding carboxylic acids is 2. The van der Waals surface area contributed by atoms with Crippen molar-refractivity contribution in [1.82, 2.24) is 4.98 Å². The second-order valence-electron chi connectivity index (χ2n) is 4.23. The third kappa shape index (κ3) is 6.90. The van der Waals surface area contributed by atoms with Crippen LogP contribution in [0.15, 0.2) is 39.1 Å². The summed E-state index contributed by atoms with van der Waals surface area (Å²) in [5.74, 6) is -0.255. The van der Waals surface area contributed by atoms with Crippen molar-refractivity contribution in [3.8, 4) is 0 Å². The monoisotopic (exact) mass is 434 g/mol. The molecule has 1 aromatic carbocycles. The SMILES string of the molecule is O=C(COC(=O)CCSc1ccc(Cl)cc1)Nc1ncc(Br)s1. The van der Waals surface area contributed by atoms with E-state index in [0.29, 0.717) is 15.9 Å². The van der Waals surface area contributed by atoms with E-state index < -0.39 is 11.9 Å². The molecule has 122 valence electrons. The van der Waals surface area contributed by atoms with Crippen molar-refractivity contribution in [2.45, 2.75) is 11.3 Å². The highest BCUT2D eigenvalue weighted by Crippen LogP contribution is 2.23. The highest BCUT2D eigenvalue weighted by Gasteiger charge is 2.10. The third-order valence-corrected chi connectivity index (χ3v) is 5.13. The van der Waals surface area contributed by atoms with E-state index >= 15 is 0 Å². The molecule has 2 rings (SSSR count). The molecular weight excluding hydrogens is 424 g/mol. The van der Waals surface area contributed by atoms with Gasteiger partial charge in [-0.05, 0) is 40.2 Å². The quantitative estimate of drug-likeness (QED) is 0.521. The van der Waals surface area contributed by atoms with Gasteiger partial charge in [0.15, 0.2) is 11.7 Å². The second-order valence-corrected chi connectivity index (χ2v) is 8.25. The lowest BCUT2D eigenvalue weighted by Gasteiger charge is -2.05. The summed E-state index contributed by atoms with van der Waals surface area (Å²) in [4.78, 5) is 28.2. The molecule has 0 atom stereocenters. The Hall–Kier alpha value is -1.09. The minimum Gasteiger partial charge on any atom is -0.456 e. The van der Waals surface area contributed by atoms with Gasteiger partial charge in [-0.25, -0.2) is 4.98 Å². The summed E-state index contributed by atoms with van der Waals surface area (Å²) in [5.41, 5.74) is 0. The molecule has 0 unspecified atom stereocenters. The van der Waals surface area contributed by atoms with Crippen LogP contribution in [-0.2, 0) is 14.3 Å². The summed E-state index contributed by atoms with van der Waals surface area (Å²) in [5, 5.41) is 3.68. The van der Waals surface area contributed by atoms with E-state index in [1.165, 1.54) is 23.1 Å². The van der Waals surface area contributed by atoms with Gasteiger partial charge in [0.1, 0.15) is 0 Å². The van der Waals surface area contributed by atoms with Crippen LogP contribution in [0.3, 0.4) is 0 Å². The predicted molar refractivity (Wildman–Crippen MR) is 96.2 cm³/mol. The maximum atomic E-state index is 11.6. The number of ether oxygens (including phenoxy) is 1. The van der Waals surface area contributed by atoms with Crippen molar-refractivity contribution in [3.63, 3.8) is 0 Å². The van der Waals surface area contributed by atoms with Crippen molar-refractivity contribution < 1.29 is 14.3 Å². The lowest BCUT2D eigenvalue weighted by atomic mass is 10.4. The number of amides is 1. The molecule has 1 aromatic heterocycles. The Morgan fingerprint density at radius 2 is 2.09 bits per heavy atom. The lowest BCUT2D eigenvalue weighted by molar-refractivity contribution is -0.146. The topological polar surface area (TPSA) is 68.3 Å².